The molecule has 0 aromatic carbocycles. The summed E-state index contributed by atoms with van der Waals surface area (Å²) in [6.07, 6.45) is 1.23. The van der Waals surface area contributed by atoms with Crippen molar-refractivity contribution < 1.29 is 5.11 Å². The summed E-state index contributed by atoms with van der Waals surface area (Å²) in [5.74, 6) is 0. The Kier molecular flexibility index (Phi) is 5.18. The van der Waals surface area contributed by atoms with Crippen molar-refractivity contribution in [3.05, 3.63) is 17.5 Å². The van der Waals surface area contributed by atoms with Gasteiger partial charge in [-0.1, -0.05) is 0 Å². The number of aliphatic hydroxyl groups excluding tert-OH is 1. The van der Waals surface area contributed by atoms with Gasteiger partial charge >= 0.3 is 0 Å². The second kappa shape index (κ2) is 6.70. The summed E-state index contributed by atoms with van der Waals surface area (Å²) in [4.78, 5) is 4.71. The molecule has 0 saturated carbocycles. The first kappa shape index (κ1) is 15.5. The molecule has 2 atom stereocenters. The van der Waals surface area contributed by atoms with Crippen molar-refractivity contribution in [1.29, 1.82) is 0 Å². The molecule has 1 aromatic rings. The third-order valence-corrected chi connectivity index (χ3v) is 4.25. The van der Waals surface area contributed by atoms with Crippen molar-refractivity contribution in [3.8, 4) is 0 Å². The highest BCUT2D eigenvalue weighted by Gasteiger charge is 2.25. The molecule has 0 spiro atoms. The number of aliphatic hydroxyl groups is 1. The molecule has 1 aliphatic heterocycles. The molecule has 5 heteroatoms. The third-order valence-electron chi connectivity index (χ3n) is 4.25. The molecule has 5 nitrogen and oxygen atoms in total. The number of hydrogen-bond acceptors (Lipinski definition) is 4. The van der Waals surface area contributed by atoms with Gasteiger partial charge < -0.3 is 14.9 Å². The number of nitrogens with zero attached hydrogens (tertiary/aromatic N) is 4. The molecule has 114 valence electrons. The van der Waals surface area contributed by atoms with E-state index in [0.29, 0.717) is 12.5 Å². The molecule has 0 amide bonds. The molecule has 0 aliphatic carbocycles. The summed E-state index contributed by atoms with van der Waals surface area (Å²) in [6.45, 7) is 8.20. The van der Waals surface area contributed by atoms with Gasteiger partial charge in [0.1, 0.15) is 0 Å². The largest absolute Gasteiger partial charge is 0.393 e. The summed E-state index contributed by atoms with van der Waals surface area (Å²) in [6, 6.07) is 2.53. The highest BCUT2D eigenvalue weighted by atomic mass is 16.3. The molecule has 1 aromatic heterocycles. The van der Waals surface area contributed by atoms with Gasteiger partial charge in [-0.2, -0.15) is 5.10 Å². The summed E-state index contributed by atoms with van der Waals surface area (Å²) >= 11 is 0. The van der Waals surface area contributed by atoms with E-state index in [-0.39, 0.29) is 6.10 Å². The minimum atomic E-state index is -0.296. The Morgan fingerprint density at radius 1 is 1.40 bits per heavy atom. The lowest BCUT2D eigenvalue weighted by atomic mass is 10.0. The Morgan fingerprint density at radius 3 is 2.85 bits per heavy atom. The van der Waals surface area contributed by atoms with E-state index in [0.717, 1.165) is 44.0 Å². The van der Waals surface area contributed by atoms with Gasteiger partial charge in [-0.05, 0) is 40.4 Å². The number of likely N-dealkylation sites (N-methyl/N-ethyl adjacent to an activating group) is 2. The minimum absolute atomic E-state index is 0.296. The van der Waals surface area contributed by atoms with Gasteiger partial charge in [0.2, 0.25) is 0 Å². The first-order chi connectivity index (χ1) is 9.49. The molecular weight excluding hydrogens is 252 g/mol. The van der Waals surface area contributed by atoms with Crippen molar-refractivity contribution in [2.75, 3.05) is 33.7 Å². The first-order valence-electron chi connectivity index (χ1n) is 7.59. The molecule has 2 heterocycles. The van der Waals surface area contributed by atoms with E-state index >= 15 is 0 Å². The lowest BCUT2D eigenvalue weighted by Gasteiger charge is -2.38. The number of aromatic nitrogens is 2. The normalized spacial score (nSPS) is 23.1. The Hall–Kier alpha value is -0.910. The van der Waals surface area contributed by atoms with E-state index in [2.05, 4.69) is 42.0 Å². The van der Waals surface area contributed by atoms with Crippen molar-refractivity contribution in [2.45, 2.75) is 45.4 Å². The van der Waals surface area contributed by atoms with E-state index < -0.39 is 0 Å². The van der Waals surface area contributed by atoms with Crippen LogP contribution in [0.15, 0.2) is 6.07 Å². The average Bonchev–Trinajstić information content (AvgIpc) is 2.74. The topological polar surface area (TPSA) is 44.5 Å². The fourth-order valence-electron chi connectivity index (χ4n) is 3.03. The van der Waals surface area contributed by atoms with E-state index in [4.69, 9.17) is 0 Å². The van der Waals surface area contributed by atoms with Crippen molar-refractivity contribution in [2.24, 2.45) is 0 Å². The van der Waals surface area contributed by atoms with Crippen molar-refractivity contribution in [1.82, 2.24) is 19.6 Å². The summed E-state index contributed by atoms with van der Waals surface area (Å²) in [7, 11) is 4.31. The maximum absolute atomic E-state index is 10.4. The molecule has 1 fully saturated rings. The molecule has 20 heavy (non-hydrogen) atoms. The zero-order chi connectivity index (χ0) is 14.7. The predicted molar refractivity (Wildman–Crippen MR) is 80.9 cm³/mol. The number of piperazine rings is 1. The second-order valence-corrected chi connectivity index (χ2v) is 6.08. The third kappa shape index (κ3) is 3.81. The van der Waals surface area contributed by atoms with Crippen LogP contribution in [0.5, 0.6) is 0 Å². The van der Waals surface area contributed by atoms with Crippen molar-refractivity contribution in [3.63, 3.8) is 0 Å². The van der Waals surface area contributed by atoms with Gasteiger partial charge in [0.25, 0.3) is 0 Å². The second-order valence-electron chi connectivity index (χ2n) is 6.08. The van der Waals surface area contributed by atoms with Gasteiger partial charge in [0.15, 0.2) is 0 Å². The van der Waals surface area contributed by atoms with Crippen LogP contribution in [-0.4, -0.2) is 70.6 Å². The molecule has 1 saturated heterocycles. The smallest absolute Gasteiger partial charge is 0.0610 e. The summed E-state index contributed by atoms with van der Waals surface area (Å²) < 4.78 is 2.00. The average molecular weight is 280 g/mol. The predicted octanol–water partition coefficient (Wildman–Crippen LogP) is 0.751. The fraction of sp³-hybridized carbons (Fsp3) is 0.800. The molecule has 2 unspecified atom stereocenters. The van der Waals surface area contributed by atoms with E-state index in [1.54, 1.807) is 0 Å². The first-order valence-corrected chi connectivity index (χ1v) is 7.59. The SMILES string of the molecule is CCn1nc(C)cc1CC(O)CC1CN(C)CCN1C. The lowest BCUT2D eigenvalue weighted by Crippen LogP contribution is -2.51. The number of hydrogen-bond donors (Lipinski definition) is 1. The van der Waals surface area contributed by atoms with Gasteiger partial charge in [-0.15, -0.1) is 0 Å². The number of rotatable bonds is 5. The molecular formula is C15H28N4O. The van der Waals surface area contributed by atoms with Gasteiger partial charge in [-0.25, -0.2) is 0 Å². The van der Waals surface area contributed by atoms with Crippen LogP contribution in [0.25, 0.3) is 0 Å². The van der Waals surface area contributed by atoms with E-state index in [1.807, 2.05) is 11.6 Å². The van der Waals surface area contributed by atoms with Crippen LogP contribution in [0, 0.1) is 6.92 Å². The highest BCUT2D eigenvalue weighted by Crippen LogP contribution is 2.15. The molecule has 2 rings (SSSR count). The Morgan fingerprint density at radius 2 is 2.15 bits per heavy atom. The van der Waals surface area contributed by atoms with Crippen LogP contribution >= 0.6 is 0 Å². The fourth-order valence-corrected chi connectivity index (χ4v) is 3.03. The van der Waals surface area contributed by atoms with Crippen LogP contribution < -0.4 is 0 Å². The summed E-state index contributed by atoms with van der Waals surface area (Å²) in [5.41, 5.74) is 2.17. The molecule has 0 radical (unpaired) electrons. The van der Waals surface area contributed by atoms with Crippen molar-refractivity contribution >= 4 is 0 Å². The Bertz CT molecular complexity index is 432. The number of aryl methyl sites for hydroxylation is 2. The Balaban J connectivity index is 1.92. The summed E-state index contributed by atoms with van der Waals surface area (Å²) in [5, 5.41) is 14.8. The molecule has 1 aliphatic rings. The quantitative estimate of drug-likeness (QED) is 0.864. The molecule has 0 bridgehead atoms. The zero-order valence-electron chi connectivity index (χ0n) is 13.2. The minimum Gasteiger partial charge on any atom is -0.393 e. The van der Waals surface area contributed by atoms with Crippen LogP contribution in [0.2, 0.25) is 0 Å². The van der Waals surface area contributed by atoms with Crippen LogP contribution in [-0.2, 0) is 13.0 Å². The standard InChI is InChI=1S/C15H28N4O/c1-5-19-13(8-12(2)16-19)9-15(20)10-14-11-17(3)6-7-18(14)4/h8,14-15,20H,5-7,9-11H2,1-4H3. The molecule has 1 N–H and O–H groups in total. The van der Waals surface area contributed by atoms with Gasteiger partial charge in [0.05, 0.1) is 11.8 Å². The highest BCUT2D eigenvalue weighted by molar-refractivity contribution is 5.10. The van der Waals surface area contributed by atoms with E-state index in [9.17, 15) is 5.11 Å². The lowest BCUT2D eigenvalue weighted by molar-refractivity contribution is 0.0631. The monoisotopic (exact) mass is 280 g/mol. The van der Waals surface area contributed by atoms with Crippen LogP contribution in [0.3, 0.4) is 0 Å². The van der Waals surface area contributed by atoms with Crippen LogP contribution in [0.4, 0.5) is 0 Å². The Labute approximate surface area is 122 Å². The van der Waals surface area contributed by atoms with Crippen LogP contribution in [0.1, 0.15) is 24.7 Å². The van der Waals surface area contributed by atoms with E-state index in [1.165, 1.54) is 0 Å². The van der Waals surface area contributed by atoms with Gasteiger partial charge in [0, 0.05) is 44.3 Å². The maximum atomic E-state index is 10.4. The maximum Gasteiger partial charge on any atom is 0.0610 e. The van der Waals surface area contributed by atoms with Gasteiger partial charge in [-0.3, -0.25) is 4.68 Å². The zero-order valence-corrected chi connectivity index (χ0v) is 13.2.